The summed E-state index contributed by atoms with van der Waals surface area (Å²) in [7, 11) is -3.39. The number of nitrogens with zero attached hydrogens (tertiary/aromatic N) is 5. The van der Waals surface area contributed by atoms with Crippen LogP contribution in [0.5, 0.6) is 5.75 Å². The van der Waals surface area contributed by atoms with E-state index in [0.717, 1.165) is 11.8 Å². The summed E-state index contributed by atoms with van der Waals surface area (Å²) in [4.78, 5) is 12.6. The van der Waals surface area contributed by atoms with Crippen molar-refractivity contribution in [3.05, 3.63) is 95.8 Å². The molecule has 11 nitrogen and oxygen atoms in total. The van der Waals surface area contributed by atoms with Crippen LogP contribution in [0.2, 0.25) is 0 Å². The summed E-state index contributed by atoms with van der Waals surface area (Å²) in [6.45, 7) is 0.372. The van der Waals surface area contributed by atoms with Crippen LogP contribution in [0.25, 0.3) is 22.5 Å². The fourth-order valence-corrected chi connectivity index (χ4v) is 4.69. The normalized spacial score (nSPS) is 11.8. The van der Waals surface area contributed by atoms with Crippen LogP contribution in [0.1, 0.15) is 21.7 Å². The number of carbonyl (C=O) groups is 1. The SMILES string of the molecule is CS(=O)(=O)c1ccc(-c2cc(-c3ccc(OC(F)(F)F)cc3)n(Cc3ccc(C(=O)NCc4nn[nH]n4)cc3)n2)cc1. The number of carbonyl (C=O) groups excluding carboxylic acids is 1. The highest BCUT2D eigenvalue weighted by molar-refractivity contribution is 7.90. The predicted molar refractivity (Wildman–Crippen MR) is 144 cm³/mol. The van der Waals surface area contributed by atoms with Crippen molar-refractivity contribution in [2.75, 3.05) is 6.26 Å². The van der Waals surface area contributed by atoms with Crippen LogP contribution in [-0.4, -0.2) is 57.3 Å². The number of amides is 1. The van der Waals surface area contributed by atoms with Gasteiger partial charge in [-0.3, -0.25) is 9.48 Å². The molecular weight excluding hydrogens is 575 g/mol. The third-order valence-corrected chi connectivity index (χ3v) is 7.22. The van der Waals surface area contributed by atoms with Crippen molar-refractivity contribution in [1.82, 2.24) is 35.7 Å². The third kappa shape index (κ3) is 6.98. The third-order valence-electron chi connectivity index (χ3n) is 6.09. The van der Waals surface area contributed by atoms with Gasteiger partial charge in [0.05, 0.1) is 29.4 Å². The fourth-order valence-electron chi connectivity index (χ4n) is 4.06. The van der Waals surface area contributed by atoms with Gasteiger partial charge < -0.3 is 10.1 Å². The van der Waals surface area contributed by atoms with Gasteiger partial charge in [0.25, 0.3) is 5.91 Å². The lowest BCUT2D eigenvalue weighted by molar-refractivity contribution is -0.274. The molecule has 1 amide bonds. The maximum Gasteiger partial charge on any atom is 0.573 e. The zero-order chi connectivity index (χ0) is 29.9. The maximum absolute atomic E-state index is 12.6. The Morgan fingerprint density at radius 2 is 1.64 bits per heavy atom. The molecule has 5 rings (SSSR count). The number of aromatic nitrogens is 6. The molecule has 0 spiro atoms. The van der Waals surface area contributed by atoms with Crippen LogP contribution in [0, 0.1) is 0 Å². The van der Waals surface area contributed by atoms with E-state index in [1.807, 2.05) is 0 Å². The predicted octanol–water partition coefficient (Wildman–Crippen LogP) is 4.01. The smallest absolute Gasteiger partial charge is 0.406 e. The standard InChI is InChI=1S/C27H22F3N7O4S/c1-42(39,40)22-12-8-18(9-13-22)23-14-24(19-6-10-21(11-7-19)41-27(28,29)30)37(34-23)16-17-2-4-20(5-3-17)26(38)31-15-25-32-35-36-33-25/h2-14H,15-16H2,1H3,(H,31,38)(H,32,33,35,36). The molecule has 0 saturated carbocycles. The Morgan fingerprint density at radius 3 is 2.24 bits per heavy atom. The minimum atomic E-state index is -4.81. The Kier molecular flexibility index (Phi) is 7.76. The van der Waals surface area contributed by atoms with Crippen LogP contribution >= 0.6 is 0 Å². The quantitative estimate of drug-likeness (QED) is 0.259. The molecule has 2 aromatic heterocycles. The Hall–Kier alpha value is -5.05. The minimum absolute atomic E-state index is 0.106. The van der Waals surface area contributed by atoms with Gasteiger partial charge in [-0.15, -0.1) is 23.4 Å². The molecule has 0 aliphatic carbocycles. The topological polar surface area (TPSA) is 145 Å². The lowest BCUT2D eigenvalue weighted by Crippen LogP contribution is -2.23. The van der Waals surface area contributed by atoms with E-state index in [1.165, 1.54) is 36.4 Å². The zero-order valence-electron chi connectivity index (χ0n) is 21.8. The number of aromatic amines is 1. The summed E-state index contributed by atoms with van der Waals surface area (Å²) in [5.74, 6) is -0.347. The molecular formula is C27H22F3N7O4S. The van der Waals surface area contributed by atoms with E-state index in [-0.39, 0.29) is 29.6 Å². The van der Waals surface area contributed by atoms with E-state index >= 15 is 0 Å². The summed E-state index contributed by atoms with van der Waals surface area (Å²) in [5.41, 5.74) is 3.55. The van der Waals surface area contributed by atoms with Gasteiger partial charge in [-0.25, -0.2) is 8.42 Å². The number of hydrogen-bond acceptors (Lipinski definition) is 8. The molecule has 5 aromatic rings. The summed E-state index contributed by atoms with van der Waals surface area (Å²) in [6.07, 6.45) is -3.70. The highest BCUT2D eigenvalue weighted by Gasteiger charge is 2.31. The van der Waals surface area contributed by atoms with E-state index in [9.17, 15) is 26.4 Å². The molecule has 3 aromatic carbocycles. The summed E-state index contributed by atoms with van der Waals surface area (Å²) in [5, 5.41) is 20.7. The molecule has 0 unspecified atom stereocenters. The number of nitrogens with one attached hydrogen (secondary N) is 2. The van der Waals surface area contributed by atoms with Crippen LogP contribution in [0.3, 0.4) is 0 Å². The van der Waals surface area contributed by atoms with E-state index in [0.29, 0.717) is 33.9 Å². The van der Waals surface area contributed by atoms with Gasteiger partial charge in [0.1, 0.15) is 5.75 Å². The van der Waals surface area contributed by atoms with Gasteiger partial charge in [-0.05, 0) is 60.2 Å². The zero-order valence-corrected chi connectivity index (χ0v) is 22.6. The number of alkyl halides is 3. The average molecular weight is 598 g/mol. The molecule has 0 atom stereocenters. The van der Waals surface area contributed by atoms with Crippen LogP contribution in [0.4, 0.5) is 13.2 Å². The largest absolute Gasteiger partial charge is 0.573 e. The van der Waals surface area contributed by atoms with Crippen molar-refractivity contribution in [2.24, 2.45) is 0 Å². The maximum atomic E-state index is 12.6. The van der Waals surface area contributed by atoms with E-state index < -0.39 is 16.2 Å². The Labute approximate surface area is 237 Å². The number of ether oxygens (including phenoxy) is 1. The van der Waals surface area contributed by atoms with Gasteiger partial charge in [-0.1, -0.05) is 29.5 Å². The number of sulfone groups is 1. The molecule has 0 bridgehead atoms. The second kappa shape index (κ2) is 11.4. The highest BCUT2D eigenvalue weighted by atomic mass is 32.2. The first-order valence-electron chi connectivity index (χ1n) is 12.3. The summed E-state index contributed by atoms with van der Waals surface area (Å²) in [6, 6.07) is 20.2. The fraction of sp³-hybridized carbons (Fsp3) is 0.148. The molecule has 0 aliphatic heterocycles. The van der Waals surface area contributed by atoms with Crippen molar-refractivity contribution in [1.29, 1.82) is 0 Å². The first kappa shape index (κ1) is 28.5. The van der Waals surface area contributed by atoms with Crippen molar-refractivity contribution in [3.63, 3.8) is 0 Å². The van der Waals surface area contributed by atoms with E-state index in [4.69, 9.17) is 5.10 Å². The second-order valence-electron chi connectivity index (χ2n) is 9.15. The number of tetrazole rings is 1. The van der Waals surface area contributed by atoms with Gasteiger partial charge in [0.2, 0.25) is 0 Å². The summed E-state index contributed by atoms with van der Waals surface area (Å²) >= 11 is 0. The molecule has 2 heterocycles. The van der Waals surface area contributed by atoms with Gasteiger partial charge >= 0.3 is 6.36 Å². The van der Waals surface area contributed by atoms with Gasteiger partial charge in [0.15, 0.2) is 15.7 Å². The Balaban J connectivity index is 1.41. The average Bonchev–Trinajstić information content (AvgIpc) is 3.62. The number of benzene rings is 3. The Bertz CT molecular complexity index is 1790. The number of halogens is 3. The molecule has 2 N–H and O–H groups in total. The first-order chi connectivity index (χ1) is 19.9. The van der Waals surface area contributed by atoms with Crippen molar-refractivity contribution in [2.45, 2.75) is 24.3 Å². The van der Waals surface area contributed by atoms with Gasteiger partial charge in [0, 0.05) is 22.9 Å². The number of H-pyrrole nitrogens is 1. The van der Waals surface area contributed by atoms with Crippen LogP contribution in [-0.2, 0) is 22.9 Å². The highest BCUT2D eigenvalue weighted by Crippen LogP contribution is 2.30. The lowest BCUT2D eigenvalue weighted by Gasteiger charge is -2.11. The molecule has 216 valence electrons. The summed E-state index contributed by atoms with van der Waals surface area (Å²) < 4.78 is 67.3. The van der Waals surface area contributed by atoms with Crippen molar-refractivity contribution < 1.29 is 31.1 Å². The molecule has 42 heavy (non-hydrogen) atoms. The molecule has 15 heteroatoms. The number of rotatable bonds is 9. The van der Waals surface area contributed by atoms with E-state index in [2.05, 4.69) is 30.7 Å². The van der Waals surface area contributed by atoms with Crippen molar-refractivity contribution >= 4 is 15.7 Å². The molecule has 0 radical (unpaired) electrons. The monoisotopic (exact) mass is 597 g/mol. The molecule has 0 fully saturated rings. The van der Waals surface area contributed by atoms with Gasteiger partial charge in [-0.2, -0.15) is 10.3 Å². The lowest BCUT2D eigenvalue weighted by atomic mass is 10.1. The minimum Gasteiger partial charge on any atom is -0.406 e. The van der Waals surface area contributed by atoms with Crippen LogP contribution < -0.4 is 10.1 Å². The van der Waals surface area contributed by atoms with E-state index in [1.54, 1.807) is 47.1 Å². The number of hydrogen-bond donors (Lipinski definition) is 2. The molecule has 0 aliphatic rings. The van der Waals surface area contributed by atoms with Crippen molar-refractivity contribution in [3.8, 4) is 28.3 Å². The second-order valence-corrected chi connectivity index (χ2v) is 11.2. The Morgan fingerprint density at radius 1 is 0.976 bits per heavy atom. The molecule has 0 saturated heterocycles. The van der Waals surface area contributed by atoms with Crippen LogP contribution in [0.15, 0.2) is 83.8 Å². The first-order valence-corrected chi connectivity index (χ1v) is 14.2.